The standard InChI is InChI=1S/C20H20BrN3O5S/c1-3-8-29-20-17(21)9-15(10-18(20)28-2)11-22-23-19(25)13-30-12-14-4-6-16(7-5-14)24(26)27/h3-7,9-11H,1,8,12-13H2,2H3,(H,23,25)/b22-11-. The number of amides is 1. The highest BCUT2D eigenvalue weighted by molar-refractivity contribution is 9.10. The Morgan fingerprint density at radius 2 is 2.10 bits per heavy atom. The van der Waals surface area contributed by atoms with Gasteiger partial charge in [0.15, 0.2) is 11.5 Å². The van der Waals surface area contributed by atoms with Crippen LogP contribution in [0.2, 0.25) is 0 Å². The summed E-state index contributed by atoms with van der Waals surface area (Å²) < 4.78 is 11.6. The normalized spacial score (nSPS) is 10.6. The Balaban J connectivity index is 1.84. The average Bonchev–Trinajstić information content (AvgIpc) is 2.73. The van der Waals surface area contributed by atoms with Crippen LogP contribution in [0.5, 0.6) is 11.5 Å². The molecule has 1 N–H and O–H groups in total. The topological polar surface area (TPSA) is 103 Å². The molecule has 0 aliphatic heterocycles. The molecule has 0 fully saturated rings. The van der Waals surface area contributed by atoms with Crippen LogP contribution in [-0.2, 0) is 10.5 Å². The summed E-state index contributed by atoms with van der Waals surface area (Å²) in [5.74, 6) is 1.59. The van der Waals surface area contributed by atoms with Gasteiger partial charge in [0.2, 0.25) is 5.91 Å². The zero-order valence-corrected chi connectivity index (χ0v) is 18.6. The van der Waals surface area contributed by atoms with E-state index in [2.05, 4.69) is 33.0 Å². The van der Waals surface area contributed by atoms with Gasteiger partial charge in [-0.15, -0.1) is 11.8 Å². The first-order valence-electron chi connectivity index (χ1n) is 8.68. The van der Waals surface area contributed by atoms with Crippen LogP contribution in [-0.4, -0.2) is 36.5 Å². The Bertz CT molecular complexity index is 935. The quantitative estimate of drug-likeness (QED) is 0.216. The number of halogens is 1. The van der Waals surface area contributed by atoms with Crippen molar-refractivity contribution in [1.82, 2.24) is 5.43 Å². The first kappa shape index (κ1) is 23.4. The minimum absolute atomic E-state index is 0.0411. The molecule has 0 heterocycles. The largest absolute Gasteiger partial charge is 0.493 e. The SMILES string of the molecule is C=CCOc1c(Br)cc(/C=N\NC(=O)CSCc2ccc([N+](=O)[O-])cc2)cc1OC. The van der Waals surface area contributed by atoms with E-state index in [-0.39, 0.29) is 17.3 Å². The summed E-state index contributed by atoms with van der Waals surface area (Å²) in [6.07, 6.45) is 3.14. The van der Waals surface area contributed by atoms with Crippen LogP contribution in [0.4, 0.5) is 5.69 Å². The molecule has 30 heavy (non-hydrogen) atoms. The first-order valence-corrected chi connectivity index (χ1v) is 10.6. The Morgan fingerprint density at radius 1 is 1.37 bits per heavy atom. The maximum absolute atomic E-state index is 11.9. The first-order chi connectivity index (χ1) is 14.4. The lowest BCUT2D eigenvalue weighted by atomic mass is 10.2. The molecule has 0 radical (unpaired) electrons. The van der Waals surface area contributed by atoms with Crippen molar-refractivity contribution in [1.29, 1.82) is 0 Å². The van der Waals surface area contributed by atoms with Gasteiger partial charge in [0.25, 0.3) is 5.69 Å². The van der Waals surface area contributed by atoms with E-state index in [0.29, 0.717) is 33.9 Å². The van der Waals surface area contributed by atoms with Crippen molar-refractivity contribution < 1.29 is 19.2 Å². The Labute approximate surface area is 186 Å². The third-order valence-electron chi connectivity index (χ3n) is 3.65. The van der Waals surface area contributed by atoms with Crippen molar-refractivity contribution in [3.05, 3.63) is 74.8 Å². The molecule has 0 unspecified atom stereocenters. The second kappa shape index (κ2) is 12.0. The number of benzene rings is 2. The second-order valence-corrected chi connectivity index (χ2v) is 7.68. The van der Waals surface area contributed by atoms with Crippen LogP contribution < -0.4 is 14.9 Å². The lowest BCUT2D eigenvalue weighted by Gasteiger charge is -2.12. The van der Waals surface area contributed by atoms with Crippen LogP contribution in [0, 0.1) is 10.1 Å². The predicted molar refractivity (Wildman–Crippen MR) is 121 cm³/mol. The van der Waals surface area contributed by atoms with E-state index in [1.54, 1.807) is 30.3 Å². The summed E-state index contributed by atoms with van der Waals surface area (Å²) in [6.45, 7) is 3.96. The molecule has 0 aliphatic rings. The van der Waals surface area contributed by atoms with Crippen molar-refractivity contribution in [2.45, 2.75) is 5.75 Å². The van der Waals surface area contributed by atoms with E-state index in [1.807, 2.05) is 0 Å². The molecule has 2 rings (SSSR count). The summed E-state index contributed by atoms with van der Waals surface area (Å²) in [7, 11) is 1.54. The molecule has 2 aromatic carbocycles. The maximum Gasteiger partial charge on any atom is 0.269 e. The number of carbonyl (C=O) groups excluding carboxylic acids is 1. The molecule has 0 aromatic heterocycles. The number of nitrogens with zero attached hydrogens (tertiary/aromatic N) is 2. The molecule has 10 heteroatoms. The minimum atomic E-state index is -0.446. The number of hydrogen-bond acceptors (Lipinski definition) is 7. The highest BCUT2D eigenvalue weighted by Crippen LogP contribution is 2.36. The summed E-state index contributed by atoms with van der Waals surface area (Å²) in [5, 5.41) is 14.6. The molecule has 1 amide bonds. The minimum Gasteiger partial charge on any atom is -0.493 e. The number of nitro benzene ring substituents is 1. The fourth-order valence-electron chi connectivity index (χ4n) is 2.28. The van der Waals surface area contributed by atoms with Gasteiger partial charge in [-0.05, 0) is 39.2 Å². The molecule has 158 valence electrons. The average molecular weight is 494 g/mol. The van der Waals surface area contributed by atoms with E-state index in [1.165, 1.54) is 37.2 Å². The van der Waals surface area contributed by atoms with Crippen LogP contribution in [0.3, 0.4) is 0 Å². The van der Waals surface area contributed by atoms with E-state index >= 15 is 0 Å². The molecule has 8 nitrogen and oxygen atoms in total. The van der Waals surface area contributed by atoms with Crippen molar-refractivity contribution >= 4 is 45.5 Å². The molecule has 2 aromatic rings. The molecule has 0 atom stereocenters. The van der Waals surface area contributed by atoms with Crippen molar-refractivity contribution in [3.63, 3.8) is 0 Å². The molecular weight excluding hydrogens is 474 g/mol. The number of ether oxygens (including phenoxy) is 2. The summed E-state index contributed by atoms with van der Waals surface area (Å²) in [4.78, 5) is 22.1. The second-order valence-electron chi connectivity index (χ2n) is 5.84. The Kier molecular flexibility index (Phi) is 9.36. The number of carbonyl (C=O) groups is 1. The monoisotopic (exact) mass is 493 g/mol. The van der Waals surface area contributed by atoms with Gasteiger partial charge in [-0.1, -0.05) is 24.8 Å². The van der Waals surface area contributed by atoms with E-state index in [0.717, 1.165) is 5.56 Å². The fourth-order valence-corrected chi connectivity index (χ4v) is 3.64. The molecule has 0 saturated carbocycles. The van der Waals surface area contributed by atoms with Crippen molar-refractivity contribution in [2.24, 2.45) is 5.10 Å². The number of thioether (sulfide) groups is 1. The zero-order valence-electron chi connectivity index (χ0n) is 16.2. The molecule has 0 aliphatic carbocycles. The fraction of sp³-hybridized carbons (Fsp3) is 0.200. The summed E-state index contributed by atoms with van der Waals surface area (Å²) in [5.41, 5.74) is 4.12. The van der Waals surface area contributed by atoms with Crippen LogP contribution in [0.15, 0.2) is 58.6 Å². The number of rotatable bonds is 11. The van der Waals surface area contributed by atoms with E-state index in [9.17, 15) is 14.9 Å². The predicted octanol–water partition coefficient (Wildman–Crippen LogP) is 4.31. The van der Waals surface area contributed by atoms with Gasteiger partial charge < -0.3 is 9.47 Å². The van der Waals surface area contributed by atoms with Crippen LogP contribution in [0.25, 0.3) is 0 Å². The number of methoxy groups -OCH3 is 1. The molecular formula is C20H20BrN3O5S. The van der Waals surface area contributed by atoms with Gasteiger partial charge in [0.05, 0.1) is 28.5 Å². The number of nitro groups is 1. The Morgan fingerprint density at radius 3 is 2.73 bits per heavy atom. The highest BCUT2D eigenvalue weighted by atomic mass is 79.9. The summed E-state index contributed by atoms with van der Waals surface area (Å²) >= 11 is 4.81. The Hall–Kier alpha value is -2.85. The van der Waals surface area contributed by atoms with E-state index in [4.69, 9.17) is 9.47 Å². The number of hydrazone groups is 1. The molecule has 0 bridgehead atoms. The van der Waals surface area contributed by atoms with Crippen molar-refractivity contribution in [2.75, 3.05) is 19.5 Å². The van der Waals surface area contributed by atoms with Gasteiger partial charge in [0.1, 0.15) is 6.61 Å². The maximum atomic E-state index is 11.9. The lowest BCUT2D eigenvalue weighted by Crippen LogP contribution is -2.19. The third-order valence-corrected chi connectivity index (χ3v) is 5.24. The third kappa shape index (κ3) is 7.20. The smallest absolute Gasteiger partial charge is 0.269 e. The van der Waals surface area contributed by atoms with Crippen LogP contribution >= 0.6 is 27.7 Å². The van der Waals surface area contributed by atoms with Gasteiger partial charge in [-0.3, -0.25) is 14.9 Å². The van der Waals surface area contributed by atoms with Gasteiger partial charge in [-0.2, -0.15) is 5.10 Å². The zero-order chi connectivity index (χ0) is 21.9. The van der Waals surface area contributed by atoms with Gasteiger partial charge >= 0.3 is 0 Å². The number of hydrogen-bond donors (Lipinski definition) is 1. The highest BCUT2D eigenvalue weighted by Gasteiger charge is 2.11. The number of non-ortho nitro benzene ring substituents is 1. The van der Waals surface area contributed by atoms with Crippen LogP contribution in [0.1, 0.15) is 11.1 Å². The van der Waals surface area contributed by atoms with Gasteiger partial charge in [-0.25, -0.2) is 5.43 Å². The summed E-state index contributed by atoms with van der Waals surface area (Å²) in [6, 6.07) is 9.77. The van der Waals surface area contributed by atoms with E-state index < -0.39 is 4.92 Å². The molecule has 0 saturated heterocycles. The number of nitrogens with one attached hydrogen (secondary N) is 1. The lowest BCUT2D eigenvalue weighted by molar-refractivity contribution is -0.384. The van der Waals surface area contributed by atoms with Crippen molar-refractivity contribution in [3.8, 4) is 11.5 Å². The molecule has 0 spiro atoms. The van der Waals surface area contributed by atoms with Gasteiger partial charge in [0, 0.05) is 17.9 Å².